The second-order valence-corrected chi connectivity index (χ2v) is 7.21. The van der Waals surface area contributed by atoms with Gasteiger partial charge in [-0.15, -0.1) is 0 Å². The number of nitrogens with one attached hydrogen (secondary N) is 2. The summed E-state index contributed by atoms with van der Waals surface area (Å²) in [7, 11) is 0. The molecule has 0 bridgehead atoms. The Hall–Kier alpha value is -4.26. The van der Waals surface area contributed by atoms with Crippen LogP contribution in [0.4, 0.5) is 11.5 Å². The van der Waals surface area contributed by atoms with Gasteiger partial charge in [0.2, 0.25) is 0 Å². The van der Waals surface area contributed by atoms with E-state index < -0.39 is 0 Å². The van der Waals surface area contributed by atoms with Gasteiger partial charge in [-0.2, -0.15) is 0 Å². The summed E-state index contributed by atoms with van der Waals surface area (Å²) in [5, 5.41) is 4.59. The number of anilines is 2. The number of aromatic amines is 1. The Bertz CT molecular complexity index is 1260. The first-order chi connectivity index (χ1) is 15.3. The normalized spacial score (nSPS) is 11.0. The summed E-state index contributed by atoms with van der Waals surface area (Å²) in [6.07, 6.45) is 8.15. The zero-order chi connectivity index (χ0) is 21.0. The monoisotopic (exact) mass is 407 g/mol. The number of pyridine rings is 2. The Balaban J connectivity index is 1.42. The van der Waals surface area contributed by atoms with Crippen molar-refractivity contribution in [2.45, 2.75) is 6.42 Å². The maximum atomic E-state index is 5.96. The molecule has 5 aromatic rings. The average Bonchev–Trinajstić information content (AvgIpc) is 3.22. The lowest BCUT2D eigenvalue weighted by Crippen LogP contribution is -2.08. The maximum absolute atomic E-state index is 5.96. The van der Waals surface area contributed by atoms with E-state index in [-0.39, 0.29) is 0 Å². The highest BCUT2D eigenvalue weighted by Gasteiger charge is 2.10. The first-order valence-corrected chi connectivity index (χ1v) is 10.1. The molecule has 0 atom stereocenters. The van der Waals surface area contributed by atoms with Crippen molar-refractivity contribution in [3.63, 3.8) is 0 Å². The highest BCUT2D eigenvalue weighted by molar-refractivity contribution is 5.86. The van der Waals surface area contributed by atoms with Crippen LogP contribution in [0.3, 0.4) is 0 Å². The molecule has 0 aliphatic heterocycles. The molecule has 0 aliphatic carbocycles. The lowest BCUT2D eigenvalue weighted by molar-refractivity contribution is 1.01. The summed E-state index contributed by atoms with van der Waals surface area (Å²) in [5.74, 6) is 1.32. The molecule has 0 aliphatic rings. The third-order valence-electron chi connectivity index (χ3n) is 5.07. The van der Waals surface area contributed by atoms with E-state index in [1.807, 2.05) is 60.8 Å². The number of aromatic nitrogens is 5. The molecule has 0 unspecified atom stereocenters. The van der Waals surface area contributed by atoms with Gasteiger partial charge in [0.05, 0.1) is 5.69 Å². The molecule has 4 aromatic heterocycles. The summed E-state index contributed by atoms with van der Waals surface area (Å²) >= 11 is 0. The molecule has 7 nitrogen and oxygen atoms in total. The Morgan fingerprint density at radius 1 is 0.935 bits per heavy atom. The number of fused-ring (bicyclic) bond motifs is 1. The van der Waals surface area contributed by atoms with Crippen LogP contribution in [0, 0.1) is 0 Å². The van der Waals surface area contributed by atoms with Gasteiger partial charge in [-0.25, -0.2) is 9.97 Å². The van der Waals surface area contributed by atoms with Gasteiger partial charge in [0.15, 0.2) is 5.82 Å². The summed E-state index contributed by atoms with van der Waals surface area (Å²) in [6.45, 7) is 0.715. The van der Waals surface area contributed by atoms with E-state index in [0.29, 0.717) is 12.4 Å². The number of benzene rings is 1. The van der Waals surface area contributed by atoms with Crippen LogP contribution in [0.25, 0.3) is 33.7 Å². The van der Waals surface area contributed by atoms with Gasteiger partial charge >= 0.3 is 0 Å². The van der Waals surface area contributed by atoms with Crippen LogP contribution in [0.1, 0.15) is 5.56 Å². The summed E-state index contributed by atoms with van der Waals surface area (Å²) in [5.41, 5.74) is 11.5. The van der Waals surface area contributed by atoms with E-state index >= 15 is 0 Å². The number of nitrogen functional groups attached to an aromatic ring is 1. The molecule has 0 saturated carbocycles. The molecule has 1 aromatic carbocycles. The molecule has 0 amide bonds. The fourth-order valence-electron chi connectivity index (χ4n) is 3.54. The van der Waals surface area contributed by atoms with E-state index in [2.05, 4.69) is 20.3 Å². The molecular formula is C24H21N7. The van der Waals surface area contributed by atoms with Gasteiger partial charge in [-0.3, -0.25) is 9.97 Å². The van der Waals surface area contributed by atoms with E-state index in [4.69, 9.17) is 15.7 Å². The van der Waals surface area contributed by atoms with Gasteiger partial charge in [-0.1, -0.05) is 6.07 Å². The van der Waals surface area contributed by atoms with Crippen LogP contribution in [-0.4, -0.2) is 31.5 Å². The Morgan fingerprint density at radius 2 is 1.90 bits per heavy atom. The minimum atomic E-state index is 0.573. The van der Waals surface area contributed by atoms with Gasteiger partial charge in [-0.05, 0) is 54.4 Å². The van der Waals surface area contributed by atoms with Crippen LogP contribution >= 0.6 is 0 Å². The second-order valence-electron chi connectivity index (χ2n) is 7.21. The molecule has 31 heavy (non-hydrogen) atoms. The topological polar surface area (TPSA) is 105 Å². The minimum absolute atomic E-state index is 0.573. The first-order valence-electron chi connectivity index (χ1n) is 10.1. The predicted octanol–water partition coefficient (Wildman–Crippen LogP) is 4.32. The van der Waals surface area contributed by atoms with Crippen molar-refractivity contribution in [1.29, 1.82) is 0 Å². The number of hydrogen-bond donors (Lipinski definition) is 3. The van der Waals surface area contributed by atoms with Crippen LogP contribution < -0.4 is 11.1 Å². The molecule has 0 spiro atoms. The SMILES string of the molecule is Nc1ccc2[nH]cc(CCNc3cc(-c4cccnc4)nc(-c4ccccn4)n3)c2c1. The van der Waals surface area contributed by atoms with Crippen LogP contribution in [0.2, 0.25) is 0 Å². The highest BCUT2D eigenvalue weighted by atomic mass is 15.0. The van der Waals surface area contributed by atoms with Gasteiger partial charge in [0, 0.05) is 59.6 Å². The van der Waals surface area contributed by atoms with E-state index in [9.17, 15) is 0 Å². The fraction of sp³-hybridized carbons (Fsp3) is 0.0833. The predicted molar refractivity (Wildman–Crippen MR) is 123 cm³/mol. The molecule has 4 heterocycles. The molecule has 5 rings (SSSR count). The van der Waals surface area contributed by atoms with Crippen molar-refractivity contribution in [2.75, 3.05) is 17.6 Å². The van der Waals surface area contributed by atoms with Crippen molar-refractivity contribution in [3.05, 3.63) is 84.9 Å². The molecule has 0 saturated heterocycles. The number of nitrogens with two attached hydrogens (primary N) is 1. The largest absolute Gasteiger partial charge is 0.399 e. The third kappa shape index (κ3) is 4.06. The molecule has 0 radical (unpaired) electrons. The summed E-state index contributed by atoms with van der Waals surface area (Å²) in [4.78, 5) is 21.3. The van der Waals surface area contributed by atoms with Crippen LogP contribution in [0.15, 0.2) is 79.4 Å². The smallest absolute Gasteiger partial charge is 0.180 e. The molecule has 4 N–H and O–H groups in total. The van der Waals surface area contributed by atoms with E-state index in [0.717, 1.165) is 45.8 Å². The Labute approximate surface area is 179 Å². The molecule has 0 fully saturated rings. The van der Waals surface area contributed by atoms with Gasteiger partial charge < -0.3 is 16.0 Å². The summed E-state index contributed by atoms with van der Waals surface area (Å²) < 4.78 is 0. The van der Waals surface area contributed by atoms with Gasteiger partial charge in [0.25, 0.3) is 0 Å². The number of nitrogens with zero attached hydrogens (tertiary/aromatic N) is 4. The number of H-pyrrole nitrogens is 1. The van der Waals surface area contributed by atoms with E-state index in [1.165, 1.54) is 5.56 Å². The zero-order valence-corrected chi connectivity index (χ0v) is 16.8. The number of hydrogen-bond acceptors (Lipinski definition) is 6. The van der Waals surface area contributed by atoms with Crippen molar-refractivity contribution in [1.82, 2.24) is 24.9 Å². The molecule has 7 heteroatoms. The fourth-order valence-corrected chi connectivity index (χ4v) is 3.54. The van der Waals surface area contributed by atoms with Crippen molar-refractivity contribution < 1.29 is 0 Å². The Kier molecular flexibility index (Phi) is 4.98. The van der Waals surface area contributed by atoms with E-state index in [1.54, 1.807) is 18.6 Å². The zero-order valence-electron chi connectivity index (χ0n) is 16.8. The first kappa shape index (κ1) is 18.7. The number of rotatable bonds is 6. The summed E-state index contributed by atoms with van der Waals surface area (Å²) in [6, 6.07) is 17.4. The third-order valence-corrected chi connectivity index (χ3v) is 5.07. The molecule has 152 valence electrons. The van der Waals surface area contributed by atoms with Crippen LogP contribution in [-0.2, 0) is 6.42 Å². The minimum Gasteiger partial charge on any atom is -0.399 e. The average molecular weight is 407 g/mol. The molecular weight excluding hydrogens is 386 g/mol. The van der Waals surface area contributed by atoms with Crippen molar-refractivity contribution >= 4 is 22.4 Å². The Morgan fingerprint density at radius 3 is 2.74 bits per heavy atom. The van der Waals surface area contributed by atoms with Crippen molar-refractivity contribution in [3.8, 4) is 22.8 Å². The van der Waals surface area contributed by atoms with Gasteiger partial charge in [0.1, 0.15) is 11.5 Å². The van der Waals surface area contributed by atoms with Crippen LogP contribution in [0.5, 0.6) is 0 Å². The maximum Gasteiger partial charge on any atom is 0.180 e. The second kappa shape index (κ2) is 8.23. The van der Waals surface area contributed by atoms with Crippen molar-refractivity contribution in [2.24, 2.45) is 0 Å². The lowest BCUT2D eigenvalue weighted by atomic mass is 10.1. The lowest BCUT2D eigenvalue weighted by Gasteiger charge is -2.10. The highest BCUT2D eigenvalue weighted by Crippen LogP contribution is 2.24. The quantitative estimate of drug-likeness (QED) is 0.362. The standard InChI is InChI=1S/C24H21N7/c25-18-6-7-20-19(12-18)16(15-29-20)8-11-28-23-13-22(17-4-3-9-26-14-17)30-24(31-23)21-5-1-2-10-27-21/h1-7,9-10,12-15,29H,8,11,25H2,(H,28,30,31).